The molecular weight excluding hydrogens is 265 g/mol. The highest BCUT2D eigenvalue weighted by molar-refractivity contribution is 7.89. The molecule has 0 aromatic heterocycles. The monoisotopic (exact) mass is 279 g/mol. The van der Waals surface area contributed by atoms with Gasteiger partial charge in [-0.3, -0.25) is 0 Å². The van der Waals surface area contributed by atoms with Crippen molar-refractivity contribution in [3.63, 3.8) is 0 Å². The molecular formula is C11H15ClFNO2S. The van der Waals surface area contributed by atoms with Crippen molar-refractivity contribution < 1.29 is 12.8 Å². The molecule has 1 rings (SSSR count). The predicted molar refractivity (Wildman–Crippen MR) is 66.2 cm³/mol. The van der Waals surface area contributed by atoms with Crippen LogP contribution in [0.15, 0.2) is 29.2 Å². The summed E-state index contributed by atoms with van der Waals surface area (Å²) in [6.45, 7) is 0.372. The minimum Gasteiger partial charge on any atom is -0.211 e. The molecule has 0 aliphatic rings. The molecule has 0 aliphatic heterocycles. The van der Waals surface area contributed by atoms with Gasteiger partial charge in [-0.25, -0.2) is 17.5 Å². The molecule has 0 aliphatic carbocycles. The first-order chi connectivity index (χ1) is 8.06. The zero-order valence-electron chi connectivity index (χ0n) is 9.33. The van der Waals surface area contributed by atoms with Gasteiger partial charge in [0.25, 0.3) is 0 Å². The van der Waals surface area contributed by atoms with E-state index in [-0.39, 0.29) is 4.90 Å². The molecule has 0 amide bonds. The second-order valence-electron chi connectivity index (χ2n) is 3.60. The van der Waals surface area contributed by atoms with E-state index >= 15 is 0 Å². The van der Waals surface area contributed by atoms with Gasteiger partial charge in [0.2, 0.25) is 10.0 Å². The molecule has 0 radical (unpaired) electrons. The van der Waals surface area contributed by atoms with Crippen LogP contribution in [0.3, 0.4) is 0 Å². The van der Waals surface area contributed by atoms with E-state index in [0.717, 1.165) is 31.4 Å². The van der Waals surface area contributed by atoms with Gasteiger partial charge in [-0.15, -0.1) is 11.6 Å². The van der Waals surface area contributed by atoms with E-state index in [9.17, 15) is 12.8 Å². The minimum absolute atomic E-state index is 0.0799. The van der Waals surface area contributed by atoms with Crippen LogP contribution in [0, 0.1) is 5.82 Å². The quantitative estimate of drug-likeness (QED) is 0.616. The molecule has 0 saturated heterocycles. The zero-order chi connectivity index (χ0) is 12.7. The lowest BCUT2D eigenvalue weighted by molar-refractivity contribution is 0.575. The van der Waals surface area contributed by atoms with Crippen molar-refractivity contribution in [1.29, 1.82) is 0 Å². The molecule has 96 valence electrons. The largest absolute Gasteiger partial charge is 0.240 e. The maximum Gasteiger partial charge on any atom is 0.240 e. The number of sulfonamides is 1. The molecule has 17 heavy (non-hydrogen) atoms. The Kier molecular flexibility index (Phi) is 5.88. The number of halogens is 2. The van der Waals surface area contributed by atoms with Crippen LogP contribution in [-0.4, -0.2) is 20.8 Å². The summed E-state index contributed by atoms with van der Waals surface area (Å²) in [4.78, 5) is 0.0799. The average molecular weight is 280 g/mol. The molecule has 0 spiro atoms. The maximum atomic E-state index is 12.6. The lowest BCUT2D eigenvalue weighted by Gasteiger charge is -2.06. The normalized spacial score (nSPS) is 11.6. The van der Waals surface area contributed by atoms with Gasteiger partial charge in [-0.2, -0.15) is 0 Å². The standard InChI is InChI=1S/C11H15ClFNO2S/c12-8-2-1-3-9-14-17(15,16)11-6-4-10(13)5-7-11/h4-7,14H,1-3,8-9H2. The van der Waals surface area contributed by atoms with Gasteiger partial charge in [0.15, 0.2) is 0 Å². The van der Waals surface area contributed by atoms with Crippen molar-refractivity contribution >= 4 is 21.6 Å². The Morgan fingerprint density at radius 2 is 1.76 bits per heavy atom. The third-order valence-electron chi connectivity index (χ3n) is 2.23. The number of unbranched alkanes of at least 4 members (excludes halogenated alkanes) is 2. The highest BCUT2D eigenvalue weighted by Gasteiger charge is 2.12. The van der Waals surface area contributed by atoms with Crippen molar-refractivity contribution in [3.8, 4) is 0 Å². The van der Waals surface area contributed by atoms with Gasteiger partial charge in [-0.05, 0) is 37.1 Å². The lowest BCUT2D eigenvalue weighted by Crippen LogP contribution is -2.24. The van der Waals surface area contributed by atoms with Crippen LogP contribution in [0.1, 0.15) is 19.3 Å². The smallest absolute Gasteiger partial charge is 0.211 e. The lowest BCUT2D eigenvalue weighted by atomic mass is 10.2. The summed E-state index contributed by atoms with van der Waals surface area (Å²) in [5.41, 5.74) is 0. The third kappa shape index (κ3) is 5.02. The van der Waals surface area contributed by atoms with Gasteiger partial charge in [0.1, 0.15) is 5.82 Å². The maximum absolute atomic E-state index is 12.6. The summed E-state index contributed by atoms with van der Waals surface area (Å²) in [6.07, 6.45) is 2.50. The highest BCUT2D eigenvalue weighted by atomic mass is 35.5. The molecule has 0 bridgehead atoms. The molecule has 1 aromatic rings. The van der Waals surface area contributed by atoms with Crippen LogP contribution in [0.4, 0.5) is 4.39 Å². The van der Waals surface area contributed by atoms with Crippen molar-refractivity contribution in [1.82, 2.24) is 4.72 Å². The van der Waals surface area contributed by atoms with Gasteiger partial charge >= 0.3 is 0 Å². The summed E-state index contributed by atoms with van der Waals surface area (Å²) < 4.78 is 38.5. The fourth-order valence-electron chi connectivity index (χ4n) is 1.30. The number of hydrogen-bond donors (Lipinski definition) is 1. The van der Waals surface area contributed by atoms with E-state index in [1.54, 1.807) is 0 Å². The molecule has 6 heteroatoms. The first kappa shape index (κ1) is 14.4. The van der Waals surface area contributed by atoms with Crippen LogP contribution in [0.5, 0.6) is 0 Å². The summed E-state index contributed by atoms with van der Waals surface area (Å²) in [5.74, 6) is 0.135. The minimum atomic E-state index is -3.51. The van der Waals surface area contributed by atoms with Crippen LogP contribution in [-0.2, 0) is 10.0 Å². The number of nitrogens with one attached hydrogen (secondary N) is 1. The molecule has 0 atom stereocenters. The molecule has 0 unspecified atom stereocenters. The second-order valence-corrected chi connectivity index (χ2v) is 5.75. The predicted octanol–water partition coefficient (Wildman–Crippen LogP) is 2.51. The van der Waals surface area contributed by atoms with Crippen molar-refractivity contribution in [2.24, 2.45) is 0 Å². The van der Waals surface area contributed by atoms with E-state index in [4.69, 9.17) is 11.6 Å². The summed E-state index contributed by atoms with van der Waals surface area (Å²) >= 11 is 5.51. The molecule has 0 saturated carbocycles. The molecule has 1 N–H and O–H groups in total. The van der Waals surface area contributed by atoms with E-state index < -0.39 is 15.8 Å². The molecule has 0 fully saturated rings. The van der Waals surface area contributed by atoms with Gasteiger partial charge in [0, 0.05) is 12.4 Å². The summed E-state index contributed by atoms with van der Waals surface area (Å²) in [7, 11) is -3.51. The van der Waals surface area contributed by atoms with E-state index in [1.807, 2.05) is 0 Å². The second kappa shape index (κ2) is 6.93. The van der Waals surface area contributed by atoms with E-state index in [0.29, 0.717) is 12.4 Å². The Labute approximate surface area is 106 Å². The van der Waals surface area contributed by atoms with Crippen molar-refractivity contribution in [2.45, 2.75) is 24.2 Å². The van der Waals surface area contributed by atoms with E-state index in [1.165, 1.54) is 12.1 Å². The van der Waals surface area contributed by atoms with Gasteiger partial charge < -0.3 is 0 Å². The van der Waals surface area contributed by atoms with Crippen LogP contribution in [0.2, 0.25) is 0 Å². The van der Waals surface area contributed by atoms with Gasteiger partial charge in [-0.1, -0.05) is 6.42 Å². The van der Waals surface area contributed by atoms with Gasteiger partial charge in [0.05, 0.1) is 4.90 Å². The Morgan fingerprint density at radius 1 is 1.12 bits per heavy atom. The molecule has 1 aromatic carbocycles. The first-order valence-corrected chi connectivity index (χ1v) is 7.39. The average Bonchev–Trinajstić information content (AvgIpc) is 2.29. The fourth-order valence-corrected chi connectivity index (χ4v) is 2.56. The summed E-state index contributed by atoms with van der Waals surface area (Å²) in [5, 5.41) is 0. The number of rotatable bonds is 7. The first-order valence-electron chi connectivity index (χ1n) is 5.37. The highest BCUT2D eigenvalue weighted by Crippen LogP contribution is 2.09. The number of alkyl halides is 1. The Balaban J connectivity index is 2.48. The zero-order valence-corrected chi connectivity index (χ0v) is 10.9. The Hall–Kier alpha value is -0.650. The fraction of sp³-hybridized carbons (Fsp3) is 0.455. The van der Waals surface area contributed by atoms with Crippen LogP contribution >= 0.6 is 11.6 Å². The Bertz CT molecular complexity index is 433. The SMILES string of the molecule is O=S(=O)(NCCCCCCl)c1ccc(F)cc1. The molecule has 3 nitrogen and oxygen atoms in total. The topological polar surface area (TPSA) is 46.2 Å². The number of benzene rings is 1. The van der Waals surface area contributed by atoms with Crippen molar-refractivity contribution in [2.75, 3.05) is 12.4 Å². The van der Waals surface area contributed by atoms with Crippen LogP contribution in [0.25, 0.3) is 0 Å². The summed E-state index contributed by atoms with van der Waals surface area (Å²) in [6, 6.07) is 4.75. The van der Waals surface area contributed by atoms with Crippen LogP contribution < -0.4 is 4.72 Å². The number of hydrogen-bond acceptors (Lipinski definition) is 2. The molecule has 0 heterocycles. The Morgan fingerprint density at radius 3 is 2.35 bits per heavy atom. The van der Waals surface area contributed by atoms with E-state index in [2.05, 4.69) is 4.72 Å². The third-order valence-corrected chi connectivity index (χ3v) is 3.97. The van der Waals surface area contributed by atoms with Crippen molar-refractivity contribution in [3.05, 3.63) is 30.1 Å².